The molecular formula is C21H23ClN4O2. The molecule has 3 aromatic rings. The van der Waals surface area contributed by atoms with Crippen molar-refractivity contribution in [3.05, 3.63) is 46.6 Å². The quantitative estimate of drug-likeness (QED) is 0.719. The van der Waals surface area contributed by atoms with Gasteiger partial charge in [0.15, 0.2) is 0 Å². The topological polar surface area (TPSA) is 85.2 Å². The Balaban J connectivity index is 1.79. The molecule has 2 aromatic heterocycles. The average molecular weight is 399 g/mol. The molecule has 2 atom stereocenters. The number of amides is 1. The van der Waals surface area contributed by atoms with Gasteiger partial charge in [-0.3, -0.25) is 4.79 Å². The van der Waals surface area contributed by atoms with Gasteiger partial charge in [-0.05, 0) is 50.8 Å². The monoisotopic (exact) mass is 398 g/mol. The fraction of sp³-hybridized carbons (Fsp3) is 0.381. The van der Waals surface area contributed by atoms with Gasteiger partial charge >= 0.3 is 0 Å². The highest BCUT2D eigenvalue weighted by molar-refractivity contribution is 6.30. The van der Waals surface area contributed by atoms with Crippen LogP contribution in [0.2, 0.25) is 5.02 Å². The molecule has 6 nitrogen and oxygen atoms in total. The largest absolute Gasteiger partial charge is 0.338 e. The highest BCUT2D eigenvalue weighted by Gasteiger charge is 2.29. The molecule has 0 spiro atoms. The molecule has 1 fully saturated rings. The van der Waals surface area contributed by atoms with E-state index in [0.717, 1.165) is 24.9 Å². The first kappa shape index (κ1) is 18.9. The molecule has 28 heavy (non-hydrogen) atoms. The second-order valence-electron chi connectivity index (χ2n) is 7.53. The summed E-state index contributed by atoms with van der Waals surface area (Å²) in [5.74, 6) is 0.276. The maximum Gasteiger partial charge on any atom is 0.259 e. The molecule has 0 unspecified atom stereocenters. The molecule has 1 aliphatic heterocycles. The summed E-state index contributed by atoms with van der Waals surface area (Å²) < 4.78 is 5.39. The minimum absolute atomic E-state index is 0.0349. The summed E-state index contributed by atoms with van der Waals surface area (Å²) in [5.41, 5.74) is 9.13. The van der Waals surface area contributed by atoms with Gasteiger partial charge in [-0.1, -0.05) is 28.9 Å². The van der Waals surface area contributed by atoms with E-state index >= 15 is 0 Å². The molecule has 0 bridgehead atoms. The van der Waals surface area contributed by atoms with E-state index in [1.807, 2.05) is 43.0 Å². The Morgan fingerprint density at radius 1 is 1.39 bits per heavy atom. The lowest BCUT2D eigenvalue weighted by molar-refractivity contribution is 0.0663. The number of hydrogen-bond donors (Lipinski definition) is 1. The summed E-state index contributed by atoms with van der Waals surface area (Å²) in [7, 11) is 0. The Kier molecular flexibility index (Phi) is 5.08. The number of halogens is 1. The number of carbonyl (C=O) groups excluding carboxylic acids is 1. The fourth-order valence-corrected chi connectivity index (χ4v) is 4.04. The van der Waals surface area contributed by atoms with Crippen LogP contribution in [0.15, 0.2) is 34.9 Å². The number of aryl methyl sites for hydroxylation is 1. The molecule has 1 aromatic carbocycles. The van der Waals surface area contributed by atoms with Crippen LogP contribution < -0.4 is 5.73 Å². The number of piperidine rings is 1. The molecular weight excluding hydrogens is 376 g/mol. The predicted octanol–water partition coefficient (Wildman–Crippen LogP) is 4.05. The van der Waals surface area contributed by atoms with Crippen molar-refractivity contribution in [1.29, 1.82) is 0 Å². The van der Waals surface area contributed by atoms with Crippen molar-refractivity contribution in [3.63, 3.8) is 0 Å². The van der Waals surface area contributed by atoms with Gasteiger partial charge in [0.2, 0.25) is 0 Å². The first-order valence-corrected chi connectivity index (χ1v) is 9.89. The van der Waals surface area contributed by atoms with E-state index in [1.165, 1.54) is 0 Å². The maximum absolute atomic E-state index is 13.4. The number of aromatic nitrogens is 2. The van der Waals surface area contributed by atoms with E-state index in [1.54, 1.807) is 6.07 Å². The van der Waals surface area contributed by atoms with Crippen molar-refractivity contribution in [2.75, 3.05) is 13.1 Å². The number of nitrogens with two attached hydrogens (primary N) is 1. The summed E-state index contributed by atoms with van der Waals surface area (Å²) in [6, 6.07) is 9.26. The lowest BCUT2D eigenvalue weighted by Gasteiger charge is -2.34. The van der Waals surface area contributed by atoms with E-state index in [2.05, 4.69) is 10.1 Å². The van der Waals surface area contributed by atoms with Crippen LogP contribution in [0.5, 0.6) is 0 Å². The van der Waals surface area contributed by atoms with E-state index < -0.39 is 0 Å². The van der Waals surface area contributed by atoms with Crippen LogP contribution in [0.1, 0.15) is 35.8 Å². The van der Waals surface area contributed by atoms with Crippen LogP contribution in [-0.4, -0.2) is 40.1 Å². The first-order chi connectivity index (χ1) is 13.4. The van der Waals surface area contributed by atoms with E-state index in [9.17, 15) is 4.79 Å². The number of rotatable bonds is 3. The van der Waals surface area contributed by atoms with Crippen LogP contribution in [-0.2, 0) is 0 Å². The standard InChI is InChI=1S/C21H23ClN4O2/c1-12(23)15-6-4-8-26(11-15)21(27)17-10-18(14-5-3-7-16(22)9-14)24-20-19(17)13(2)25-28-20/h3,5,7,9-10,12,15H,4,6,8,11,23H2,1-2H3/t12-,15-/m0/s1. The number of carbonyl (C=O) groups is 1. The predicted molar refractivity (Wildman–Crippen MR) is 109 cm³/mol. The minimum atomic E-state index is -0.0349. The molecule has 1 amide bonds. The van der Waals surface area contributed by atoms with Crippen molar-refractivity contribution in [3.8, 4) is 11.3 Å². The molecule has 7 heteroatoms. The highest BCUT2D eigenvalue weighted by atomic mass is 35.5. The number of pyridine rings is 1. The lowest BCUT2D eigenvalue weighted by Crippen LogP contribution is -2.45. The maximum atomic E-state index is 13.4. The zero-order valence-electron chi connectivity index (χ0n) is 16.0. The number of fused-ring (bicyclic) bond motifs is 1. The Morgan fingerprint density at radius 3 is 2.96 bits per heavy atom. The molecule has 0 radical (unpaired) electrons. The van der Waals surface area contributed by atoms with Crippen molar-refractivity contribution in [1.82, 2.24) is 15.0 Å². The number of hydrogen-bond acceptors (Lipinski definition) is 5. The minimum Gasteiger partial charge on any atom is -0.338 e. The summed E-state index contributed by atoms with van der Waals surface area (Å²) in [5, 5.41) is 5.30. The van der Waals surface area contributed by atoms with Gasteiger partial charge in [-0.15, -0.1) is 0 Å². The van der Waals surface area contributed by atoms with Crippen molar-refractivity contribution >= 4 is 28.6 Å². The number of benzene rings is 1. The Morgan fingerprint density at radius 2 is 2.21 bits per heavy atom. The number of likely N-dealkylation sites (tertiary alicyclic amines) is 1. The van der Waals surface area contributed by atoms with Gasteiger partial charge in [-0.2, -0.15) is 0 Å². The van der Waals surface area contributed by atoms with Crippen LogP contribution in [0.25, 0.3) is 22.4 Å². The van der Waals surface area contributed by atoms with Crippen LogP contribution in [0, 0.1) is 12.8 Å². The normalized spacial score (nSPS) is 18.4. The van der Waals surface area contributed by atoms with Gasteiger partial charge in [0, 0.05) is 29.7 Å². The van der Waals surface area contributed by atoms with Crippen molar-refractivity contribution in [2.45, 2.75) is 32.7 Å². The Hall–Kier alpha value is -2.44. The molecule has 4 rings (SSSR count). The van der Waals surface area contributed by atoms with Crippen LogP contribution in [0.3, 0.4) is 0 Å². The Bertz CT molecular complexity index is 1030. The smallest absolute Gasteiger partial charge is 0.259 e. The summed E-state index contributed by atoms with van der Waals surface area (Å²) in [4.78, 5) is 19.9. The zero-order valence-corrected chi connectivity index (χ0v) is 16.7. The second kappa shape index (κ2) is 7.53. The van der Waals surface area contributed by atoms with E-state index in [4.69, 9.17) is 21.9 Å². The van der Waals surface area contributed by atoms with Crippen molar-refractivity contribution < 1.29 is 9.32 Å². The van der Waals surface area contributed by atoms with Gasteiger partial charge < -0.3 is 15.2 Å². The third-order valence-electron chi connectivity index (χ3n) is 5.46. The SMILES string of the molecule is Cc1noc2nc(-c3cccc(Cl)c3)cc(C(=O)N3CCC[C@H]([C@H](C)N)C3)c12. The van der Waals surface area contributed by atoms with E-state index in [0.29, 0.717) is 45.5 Å². The van der Waals surface area contributed by atoms with Gasteiger partial charge in [0.25, 0.3) is 11.6 Å². The third-order valence-corrected chi connectivity index (χ3v) is 5.69. The van der Waals surface area contributed by atoms with Gasteiger partial charge in [0.05, 0.1) is 22.3 Å². The van der Waals surface area contributed by atoms with Crippen molar-refractivity contribution in [2.24, 2.45) is 11.7 Å². The Labute approximate surface area is 168 Å². The summed E-state index contributed by atoms with van der Waals surface area (Å²) in [6.07, 6.45) is 2.00. The van der Waals surface area contributed by atoms with Gasteiger partial charge in [-0.25, -0.2) is 4.98 Å². The molecule has 1 aliphatic rings. The van der Waals surface area contributed by atoms with Gasteiger partial charge in [0.1, 0.15) is 0 Å². The zero-order chi connectivity index (χ0) is 19.8. The van der Waals surface area contributed by atoms with E-state index in [-0.39, 0.29) is 11.9 Å². The summed E-state index contributed by atoms with van der Waals surface area (Å²) in [6.45, 7) is 5.22. The third kappa shape index (κ3) is 3.50. The van der Waals surface area contributed by atoms with Crippen LogP contribution in [0.4, 0.5) is 0 Å². The number of nitrogens with zero attached hydrogens (tertiary/aromatic N) is 3. The molecule has 2 N–H and O–H groups in total. The molecule has 1 saturated heterocycles. The second-order valence-corrected chi connectivity index (χ2v) is 7.96. The molecule has 0 saturated carbocycles. The summed E-state index contributed by atoms with van der Waals surface area (Å²) >= 11 is 6.14. The highest BCUT2D eigenvalue weighted by Crippen LogP contribution is 2.30. The average Bonchev–Trinajstić information content (AvgIpc) is 3.08. The van der Waals surface area contributed by atoms with Crippen LogP contribution >= 0.6 is 11.6 Å². The first-order valence-electron chi connectivity index (χ1n) is 9.52. The fourth-order valence-electron chi connectivity index (χ4n) is 3.85. The molecule has 3 heterocycles. The molecule has 0 aliphatic carbocycles. The molecule has 146 valence electrons. The lowest BCUT2D eigenvalue weighted by atomic mass is 9.91.